The molecule has 7 nitrogen and oxygen atoms in total. The first kappa shape index (κ1) is 19.9. The van der Waals surface area contributed by atoms with Gasteiger partial charge in [-0.05, 0) is 44.5 Å². The highest BCUT2D eigenvalue weighted by Crippen LogP contribution is 2.22. The number of nitrogens with zero attached hydrogens (tertiary/aromatic N) is 2. The van der Waals surface area contributed by atoms with Gasteiger partial charge in [0.05, 0.1) is 13.2 Å². The van der Waals surface area contributed by atoms with Crippen molar-refractivity contribution in [2.45, 2.75) is 20.8 Å². The van der Waals surface area contributed by atoms with Crippen molar-refractivity contribution in [2.24, 2.45) is 0 Å². The lowest BCUT2D eigenvalue weighted by Crippen LogP contribution is -2.42. The third-order valence-corrected chi connectivity index (χ3v) is 3.81. The summed E-state index contributed by atoms with van der Waals surface area (Å²) in [6.45, 7) is 7.27. The van der Waals surface area contributed by atoms with Gasteiger partial charge >= 0.3 is 11.8 Å². The average Bonchev–Trinajstić information content (AvgIpc) is 2.57. The SMILES string of the molecule is CCN(CC)c1ccc(NC(=O)C(=O)N(CCO)CCO)c(C)c1. The summed E-state index contributed by atoms with van der Waals surface area (Å²) >= 11 is 0. The Labute approximate surface area is 142 Å². The molecule has 0 fully saturated rings. The smallest absolute Gasteiger partial charge is 0.313 e. The zero-order chi connectivity index (χ0) is 18.1. The van der Waals surface area contributed by atoms with E-state index in [1.807, 2.05) is 19.1 Å². The van der Waals surface area contributed by atoms with Gasteiger partial charge in [0.2, 0.25) is 0 Å². The van der Waals surface area contributed by atoms with Gasteiger partial charge in [0.1, 0.15) is 0 Å². The third-order valence-electron chi connectivity index (χ3n) is 3.81. The van der Waals surface area contributed by atoms with Gasteiger partial charge < -0.3 is 25.3 Å². The maximum absolute atomic E-state index is 12.1. The van der Waals surface area contributed by atoms with Crippen molar-refractivity contribution in [1.29, 1.82) is 0 Å². The van der Waals surface area contributed by atoms with E-state index < -0.39 is 11.8 Å². The molecule has 24 heavy (non-hydrogen) atoms. The Morgan fingerprint density at radius 2 is 1.67 bits per heavy atom. The lowest BCUT2D eigenvalue weighted by atomic mass is 10.1. The molecule has 134 valence electrons. The molecule has 0 heterocycles. The molecule has 0 aliphatic rings. The first-order valence-corrected chi connectivity index (χ1v) is 8.16. The van der Waals surface area contributed by atoms with Crippen LogP contribution in [-0.4, -0.2) is 66.3 Å². The maximum Gasteiger partial charge on any atom is 0.313 e. The zero-order valence-electron chi connectivity index (χ0n) is 14.6. The van der Waals surface area contributed by atoms with E-state index >= 15 is 0 Å². The van der Waals surface area contributed by atoms with Gasteiger partial charge in [-0.3, -0.25) is 9.59 Å². The fourth-order valence-corrected chi connectivity index (χ4v) is 2.45. The predicted molar refractivity (Wildman–Crippen MR) is 94.1 cm³/mol. The summed E-state index contributed by atoms with van der Waals surface area (Å²) in [7, 11) is 0. The summed E-state index contributed by atoms with van der Waals surface area (Å²) in [5, 5.41) is 20.5. The van der Waals surface area contributed by atoms with E-state index in [0.29, 0.717) is 5.69 Å². The van der Waals surface area contributed by atoms with Crippen molar-refractivity contribution in [3.8, 4) is 0 Å². The summed E-state index contributed by atoms with van der Waals surface area (Å²) < 4.78 is 0. The average molecular weight is 337 g/mol. The van der Waals surface area contributed by atoms with Gasteiger partial charge in [-0.2, -0.15) is 0 Å². The minimum absolute atomic E-state index is 0.00664. The lowest BCUT2D eigenvalue weighted by Gasteiger charge is -2.23. The molecule has 0 unspecified atom stereocenters. The number of aliphatic hydroxyl groups excluding tert-OH is 2. The molecule has 1 aromatic carbocycles. The molecule has 0 aromatic heterocycles. The Hall–Kier alpha value is -2.12. The summed E-state index contributed by atoms with van der Waals surface area (Å²) in [5.41, 5.74) is 2.48. The number of nitrogens with one attached hydrogen (secondary N) is 1. The molecule has 0 aliphatic heterocycles. The summed E-state index contributed by atoms with van der Waals surface area (Å²) in [6.07, 6.45) is 0. The summed E-state index contributed by atoms with van der Waals surface area (Å²) in [5.74, 6) is -1.55. The predicted octanol–water partition coefficient (Wildman–Crippen LogP) is 0.593. The first-order valence-electron chi connectivity index (χ1n) is 8.16. The maximum atomic E-state index is 12.1. The van der Waals surface area contributed by atoms with E-state index in [0.717, 1.165) is 29.2 Å². The number of carbonyl (C=O) groups is 2. The van der Waals surface area contributed by atoms with E-state index in [1.165, 1.54) is 0 Å². The molecule has 3 N–H and O–H groups in total. The van der Waals surface area contributed by atoms with Gasteiger partial charge in [0.15, 0.2) is 0 Å². The number of rotatable bonds is 8. The summed E-state index contributed by atoms with van der Waals surface area (Å²) in [4.78, 5) is 27.5. The largest absolute Gasteiger partial charge is 0.395 e. The highest BCUT2D eigenvalue weighted by molar-refractivity contribution is 6.39. The number of aliphatic hydroxyl groups is 2. The molecule has 7 heteroatoms. The van der Waals surface area contributed by atoms with E-state index in [9.17, 15) is 9.59 Å². The summed E-state index contributed by atoms with van der Waals surface area (Å²) in [6, 6.07) is 5.64. The molecular formula is C17H27N3O4. The quantitative estimate of drug-likeness (QED) is 0.604. The van der Waals surface area contributed by atoms with Crippen molar-refractivity contribution in [1.82, 2.24) is 4.90 Å². The third kappa shape index (κ3) is 5.21. The van der Waals surface area contributed by atoms with Crippen LogP contribution >= 0.6 is 0 Å². The molecule has 1 aromatic rings. The molecule has 0 spiro atoms. The highest BCUT2D eigenvalue weighted by atomic mass is 16.3. The number of anilines is 2. The molecule has 2 amide bonds. The van der Waals surface area contributed by atoms with Crippen LogP contribution in [0.5, 0.6) is 0 Å². The number of carbonyl (C=O) groups excluding carboxylic acids is 2. The van der Waals surface area contributed by atoms with Crippen LogP contribution in [0.3, 0.4) is 0 Å². The Morgan fingerprint density at radius 3 is 2.12 bits per heavy atom. The van der Waals surface area contributed by atoms with Crippen LogP contribution in [0, 0.1) is 6.92 Å². The minimum atomic E-state index is -0.782. The molecule has 0 saturated carbocycles. The fraction of sp³-hybridized carbons (Fsp3) is 0.529. The molecule has 0 atom stereocenters. The van der Waals surface area contributed by atoms with Gasteiger partial charge in [-0.15, -0.1) is 0 Å². The lowest BCUT2D eigenvalue weighted by molar-refractivity contribution is -0.143. The fourth-order valence-electron chi connectivity index (χ4n) is 2.45. The van der Waals surface area contributed by atoms with Gasteiger partial charge in [0, 0.05) is 37.6 Å². The Balaban J connectivity index is 2.84. The Bertz CT molecular complexity index is 553. The molecule has 0 radical (unpaired) electrons. The Morgan fingerprint density at radius 1 is 1.08 bits per heavy atom. The van der Waals surface area contributed by atoms with Crippen LogP contribution < -0.4 is 10.2 Å². The second kappa shape index (κ2) is 9.89. The van der Waals surface area contributed by atoms with Crippen molar-refractivity contribution >= 4 is 23.2 Å². The van der Waals surface area contributed by atoms with E-state index in [1.54, 1.807) is 6.07 Å². The van der Waals surface area contributed by atoms with Crippen molar-refractivity contribution in [3.05, 3.63) is 23.8 Å². The van der Waals surface area contributed by atoms with E-state index in [4.69, 9.17) is 10.2 Å². The van der Waals surface area contributed by atoms with Crippen molar-refractivity contribution < 1.29 is 19.8 Å². The van der Waals surface area contributed by atoms with Gasteiger partial charge in [-0.25, -0.2) is 0 Å². The monoisotopic (exact) mass is 337 g/mol. The van der Waals surface area contributed by atoms with E-state index in [-0.39, 0.29) is 26.3 Å². The van der Waals surface area contributed by atoms with E-state index in [2.05, 4.69) is 24.1 Å². The second-order valence-corrected chi connectivity index (χ2v) is 5.37. The van der Waals surface area contributed by atoms with Gasteiger partial charge in [-0.1, -0.05) is 0 Å². The zero-order valence-corrected chi connectivity index (χ0v) is 14.6. The minimum Gasteiger partial charge on any atom is -0.395 e. The number of aryl methyl sites for hydroxylation is 1. The Kier molecular flexibility index (Phi) is 8.21. The van der Waals surface area contributed by atoms with Crippen LogP contribution in [0.15, 0.2) is 18.2 Å². The van der Waals surface area contributed by atoms with Crippen LogP contribution in [-0.2, 0) is 9.59 Å². The molecule has 0 aliphatic carbocycles. The van der Waals surface area contributed by atoms with Crippen LogP contribution in [0.1, 0.15) is 19.4 Å². The number of hydrogen-bond acceptors (Lipinski definition) is 5. The number of benzene rings is 1. The number of hydrogen-bond donors (Lipinski definition) is 3. The second-order valence-electron chi connectivity index (χ2n) is 5.37. The first-order chi connectivity index (χ1) is 11.5. The molecule has 0 saturated heterocycles. The van der Waals surface area contributed by atoms with Gasteiger partial charge in [0.25, 0.3) is 0 Å². The number of amides is 2. The molecule has 1 rings (SSSR count). The van der Waals surface area contributed by atoms with Crippen molar-refractivity contribution in [3.63, 3.8) is 0 Å². The van der Waals surface area contributed by atoms with Crippen LogP contribution in [0.2, 0.25) is 0 Å². The normalized spacial score (nSPS) is 10.4. The molecular weight excluding hydrogens is 310 g/mol. The van der Waals surface area contributed by atoms with Crippen molar-refractivity contribution in [2.75, 3.05) is 49.6 Å². The standard InChI is InChI=1S/C17H27N3O4/c1-4-19(5-2)14-6-7-15(13(3)12-14)18-16(23)17(24)20(8-10-21)9-11-22/h6-7,12,21-22H,4-5,8-11H2,1-3H3,(H,18,23). The molecule has 0 bridgehead atoms. The topological polar surface area (TPSA) is 93.1 Å². The van der Waals surface area contributed by atoms with Crippen LogP contribution in [0.25, 0.3) is 0 Å². The van der Waals surface area contributed by atoms with Crippen LogP contribution in [0.4, 0.5) is 11.4 Å². The highest BCUT2D eigenvalue weighted by Gasteiger charge is 2.21.